The Morgan fingerprint density at radius 2 is 1.92 bits per heavy atom. The van der Waals surface area contributed by atoms with Crippen molar-refractivity contribution in [2.24, 2.45) is 0 Å². The van der Waals surface area contributed by atoms with E-state index in [1.54, 1.807) is 19.9 Å². The van der Waals surface area contributed by atoms with E-state index in [1.807, 2.05) is 25.1 Å². The number of rotatable bonds is 4. The number of benzene rings is 1. The van der Waals surface area contributed by atoms with Crippen LogP contribution in [-0.4, -0.2) is 31.9 Å². The number of hydrogen-bond acceptors (Lipinski definition) is 4. The van der Waals surface area contributed by atoms with Crippen LogP contribution in [0.5, 0.6) is 0 Å². The molecule has 2 aromatic heterocycles. The molecule has 1 amide bonds. The van der Waals surface area contributed by atoms with E-state index in [0.717, 1.165) is 11.4 Å². The van der Waals surface area contributed by atoms with Gasteiger partial charge in [0.05, 0.1) is 11.3 Å². The predicted molar refractivity (Wildman–Crippen MR) is 94.8 cm³/mol. The van der Waals surface area contributed by atoms with Crippen LogP contribution in [-0.2, 0) is 0 Å². The summed E-state index contributed by atoms with van der Waals surface area (Å²) >= 11 is 0. The molecule has 128 valence electrons. The van der Waals surface area contributed by atoms with Gasteiger partial charge in [-0.15, -0.1) is 0 Å². The Morgan fingerprint density at radius 3 is 2.52 bits per heavy atom. The van der Waals surface area contributed by atoms with Crippen molar-refractivity contribution in [2.45, 2.75) is 27.7 Å². The highest BCUT2D eigenvalue weighted by Gasteiger charge is 2.20. The maximum atomic E-state index is 12.7. The van der Waals surface area contributed by atoms with E-state index in [0.29, 0.717) is 34.0 Å². The number of nitrogens with zero attached hydrogens (tertiary/aromatic N) is 2. The molecule has 1 aromatic carbocycles. The number of nitrogens with one attached hydrogen (secondary N) is 3. The second-order valence-corrected chi connectivity index (χ2v) is 5.96. The van der Waals surface area contributed by atoms with E-state index in [-0.39, 0.29) is 11.7 Å². The van der Waals surface area contributed by atoms with E-state index < -0.39 is 0 Å². The van der Waals surface area contributed by atoms with E-state index in [1.165, 1.54) is 6.92 Å². The third-order valence-corrected chi connectivity index (χ3v) is 3.99. The highest BCUT2D eigenvalue weighted by atomic mass is 16.1. The minimum atomic E-state index is -0.262. The minimum Gasteiger partial charge on any atom is -0.355 e. The van der Waals surface area contributed by atoms with Gasteiger partial charge >= 0.3 is 0 Å². The van der Waals surface area contributed by atoms with Gasteiger partial charge in [-0.2, -0.15) is 5.10 Å². The summed E-state index contributed by atoms with van der Waals surface area (Å²) in [5.41, 5.74) is 3.71. The molecule has 3 aromatic rings. The fourth-order valence-corrected chi connectivity index (χ4v) is 2.84. The van der Waals surface area contributed by atoms with E-state index in [2.05, 4.69) is 25.5 Å². The number of aromatic nitrogens is 4. The molecule has 0 atom stereocenters. The lowest BCUT2D eigenvalue weighted by Gasteiger charge is -2.07. The van der Waals surface area contributed by atoms with Crippen molar-refractivity contribution in [1.82, 2.24) is 20.2 Å². The van der Waals surface area contributed by atoms with Crippen LogP contribution in [0.3, 0.4) is 0 Å². The Labute approximate surface area is 144 Å². The Morgan fingerprint density at radius 1 is 1.16 bits per heavy atom. The summed E-state index contributed by atoms with van der Waals surface area (Å²) < 4.78 is 0. The number of ketones is 1. The molecule has 7 nitrogen and oxygen atoms in total. The quantitative estimate of drug-likeness (QED) is 0.636. The Bertz CT molecular complexity index is 968. The first-order valence-corrected chi connectivity index (χ1v) is 7.87. The van der Waals surface area contributed by atoms with Crippen LogP contribution >= 0.6 is 0 Å². The van der Waals surface area contributed by atoms with Gasteiger partial charge in [0, 0.05) is 23.9 Å². The first-order chi connectivity index (χ1) is 11.9. The smallest absolute Gasteiger partial charge is 0.257 e. The molecule has 0 saturated carbocycles. The monoisotopic (exact) mass is 337 g/mol. The Kier molecular flexibility index (Phi) is 4.22. The van der Waals surface area contributed by atoms with Crippen molar-refractivity contribution in [3.8, 4) is 11.4 Å². The molecule has 0 spiro atoms. The van der Waals surface area contributed by atoms with Gasteiger partial charge in [0.1, 0.15) is 5.82 Å². The maximum absolute atomic E-state index is 12.7. The number of aromatic amines is 2. The van der Waals surface area contributed by atoms with Crippen LogP contribution in [0.1, 0.15) is 44.9 Å². The van der Waals surface area contributed by atoms with Crippen LogP contribution in [0.15, 0.2) is 24.3 Å². The zero-order chi connectivity index (χ0) is 18.1. The van der Waals surface area contributed by atoms with Crippen LogP contribution in [0.2, 0.25) is 0 Å². The van der Waals surface area contributed by atoms with Gasteiger partial charge in [-0.05, 0) is 38.5 Å². The maximum Gasteiger partial charge on any atom is 0.257 e. The zero-order valence-corrected chi connectivity index (χ0v) is 14.5. The molecule has 3 rings (SSSR count). The van der Waals surface area contributed by atoms with Crippen molar-refractivity contribution in [3.05, 3.63) is 52.6 Å². The number of carbonyl (C=O) groups is 2. The first kappa shape index (κ1) is 16.6. The molecule has 3 N–H and O–H groups in total. The Hall–Kier alpha value is -3.22. The van der Waals surface area contributed by atoms with Gasteiger partial charge in [-0.25, -0.2) is 4.98 Å². The molecule has 25 heavy (non-hydrogen) atoms. The fourth-order valence-electron chi connectivity index (χ4n) is 2.84. The molecule has 0 aliphatic carbocycles. The van der Waals surface area contributed by atoms with Crippen molar-refractivity contribution in [3.63, 3.8) is 0 Å². The average Bonchev–Trinajstić information content (AvgIpc) is 3.11. The third kappa shape index (κ3) is 3.21. The largest absolute Gasteiger partial charge is 0.355 e. The molecule has 7 heteroatoms. The Balaban J connectivity index is 1.88. The normalized spacial score (nSPS) is 10.7. The lowest BCUT2D eigenvalue weighted by atomic mass is 10.1. The summed E-state index contributed by atoms with van der Waals surface area (Å²) in [5, 5.41) is 9.79. The van der Waals surface area contributed by atoms with Gasteiger partial charge in [0.25, 0.3) is 5.91 Å². The molecular formula is C18H19N5O2. The van der Waals surface area contributed by atoms with Gasteiger partial charge in [0.15, 0.2) is 11.6 Å². The number of anilines is 1. The van der Waals surface area contributed by atoms with Gasteiger partial charge < -0.3 is 10.3 Å². The van der Waals surface area contributed by atoms with E-state index in [9.17, 15) is 9.59 Å². The van der Waals surface area contributed by atoms with Crippen LogP contribution in [0.4, 0.5) is 5.69 Å². The van der Waals surface area contributed by atoms with E-state index in [4.69, 9.17) is 0 Å². The van der Waals surface area contributed by atoms with Crippen molar-refractivity contribution < 1.29 is 9.59 Å². The lowest BCUT2D eigenvalue weighted by molar-refractivity contribution is 0.101. The van der Waals surface area contributed by atoms with Gasteiger partial charge in [-0.1, -0.05) is 12.1 Å². The minimum absolute atomic E-state index is 0.0957. The van der Waals surface area contributed by atoms with Gasteiger partial charge in [-0.3, -0.25) is 14.7 Å². The SMILES string of the molecule is CC(=O)c1[nH]c(C)c(C(=O)Nc2cccc(-c3n[nH]c(C)n3)c2)c1C. The molecule has 0 unspecified atom stereocenters. The summed E-state index contributed by atoms with van der Waals surface area (Å²) in [6.45, 7) is 6.84. The molecule has 0 aliphatic rings. The lowest BCUT2D eigenvalue weighted by Crippen LogP contribution is -2.14. The molecule has 0 fully saturated rings. The highest BCUT2D eigenvalue weighted by Crippen LogP contribution is 2.22. The number of aryl methyl sites for hydroxylation is 2. The molecule has 0 aliphatic heterocycles. The fraction of sp³-hybridized carbons (Fsp3) is 0.222. The summed E-state index contributed by atoms with van der Waals surface area (Å²) in [5.74, 6) is 0.935. The number of carbonyl (C=O) groups excluding carboxylic acids is 2. The number of Topliss-reactive ketones (excluding diaryl/α,β-unsaturated/α-hetero) is 1. The highest BCUT2D eigenvalue weighted by molar-refractivity contribution is 6.08. The van der Waals surface area contributed by atoms with Crippen molar-refractivity contribution in [2.75, 3.05) is 5.32 Å². The second-order valence-electron chi connectivity index (χ2n) is 5.96. The number of hydrogen-bond donors (Lipinski definition) is 3. The van der Waals surface area contributed by atoms with Gasteiger partial charge in [0.2, 0.25) is 0 Å². The second kappa shape index (κ2) is 6.35. The summed E-state index contributed by atoms with van der Waals surface area (Å²) in [6.07, 6.45) is 0. The molecule has 0 radical (unpaired) electrons. The number of amides is 1. The molecular weight excluding hydrogens is 318 g/mol. The van der Waals surface area contributed by atoms with Crippen LogP contribution < -0.4 is 5.32 Å². The predicted octanol–water partition coefficient (Wildman–Crippen LogP) is 3.18. The summed E-state index contributed by atoms with van der Waals surface area (Å²) in [6, 6.07) is 7.31. The topological polar surface area (TPSA) is 104 Å². The van der Waals surface area contributed by atoms with E-state index >= 15 is 0 Å². The van der Waals surface area contributed by atoms with Crippen molar-refractivity contribution in [1.29, 1.82) is 0 Å². The van der Waals surface area contributed by atoms with Crippen molar-refractivity contribution >= 4 is 17.4 Å². The molecule has 0 saturated heterocycles. The third-order valence-electron chi connectivity index (χ3n) is 3.99. The number of H-pyrrole nitrogens is 2. The zero-order valence-electron chi connectivity index (χ0n) is 14.5. The molecule has 0 bridgehead atoms. The first-order valence-electron chi connectivity index (χ1n) is 7.87. The summed E-state index contributed by atoms with van der Waals surface area (Å²) in [4.78, 5) is 31.6. The molecule has 2 heterocycles. The standard InChI is InChI=1S/C18H19N5O2/c1-9-15(10(2)19-16(9)11(3)24)18(25)21-14-7-5-6-13(8-14)17-20-12(4)22-23-17/h5-8,19H,1-4H3,(H,21,25)(H,20,22,23). The van der Waals surface area contributed by atoms with Crippen LogP contribution in [0.25, 0.3) is 11.4 Å². The average molecular weight is 337 g/mol. The van der Waals surface area contributed by atoms with Crippen LogP contribution in [0, 0.1) is 20.8 Å². The summed E-state index contributed by atoms with van der Waals surface area (Å²) in [7, 11) is 0.